The lowest BCUT2D eigenvalue weighted by molar-refractivity contribution is 0.0947. The van der Waals surface area contributed by atoms with Gasteiger partial charge in [0.15, 0.2) is 11.5 Å². The molecule has 0 atom stereocenters. The summed E-state index contributed by atoms with van der Waals surface area (Å²) in [5.74, 6) is -0.504. The molecule has 0 unspecified atom stereocenters. The molecule has 10 heteroatoms. The quantitative estimate of drug-likeness (QED) is 0.405. The highest BCUT2D eigenvalue weighted by molar-refractivity contribution is 5.99. The number of hydrogen-bond donors (Lipinski definition) is 1. The molecule has 1 aromatic carbocycles. The van der Waals surface area contributed by atoms with E-state index in [1.165, 1.54) is 12.1 Å². The van der Waals surface area contributed by atoms with Crippen molar-refractivity contribution in [1.29, 1.82) is 0 Å². The largest absolute Gasteiger partial charge is 0.345 e. The number of hydrogen-bond acceptors (Lipinski definition) is 5. The van der Waals surface area contributed by atoms with E-state index in [0.717, 1.165) is 11.8 Å². The number of rotatable bonds is 6. The van der Waals surface area contributed by atoms with Crippen molar-refractivity contribution in [3.05, 3.63) is 101 Å². The average molecular weight is 473 g/mol. The van der Waals surface area contributed by atoms with Gasteiger partial charge in [-0.2, -0.15) is 0 Å². The van der Waals surface area contributed by atoms with Gasteiger partial charge in [0.25, 0.3) is 5.91 Å². The van der Waals surface area contributed by atoms with E-state index in [9.17, 15) is 13.6 Å². The number of amides is 1. The van der Waals surface area contributed by atoms with Crippen LogP contribution in [0, 0.1) is 25.5 Å². The van der Waals surface area contributed by atoms with E-state index in [0.29, 0.717) is 34.1 Å². The maximum absolute atomic E-state index is 14.2. The van der Waals surface area contributed by atoms with E-state index in [2.05, 4.69) is 25.3 Å². The van der Waals surface area contributed by atoms with Gasteiger partial charge in [-0.1, -0.05) is 12.1 Å². The first-order valence-electron chi connectivity index (χ1n) is 10.9. The lowest BCUT2D eigenvalue weighted by Gasteiger charge is -2.06. The molecule has 0 aliphatic heterocycles. The zero-order valence-corrected chi connectivity index (χ0v) is 19.0. The molecule has 0 spiro atoms. The molecule has 0 aliphatic rings. The van der Waals surface area contributed by atoms with Crippen LogP contribution in [0.5, 0.6) is 0 Å². The fourth-order valence-corrected chi connectivity index (χ4v) is 3.76. The van der Waals surface area contributed by atoms with E-state index >= 15 is 0 Å². The van der Waals surface area contributed by atoms with Crippen LogP contribution in [0.25, 0.3) is 17.0 Å². The Morgan fingerprint density at radius 3 is 2.69 bits per heavy atom. The summed E-state index contributed by atoms with van der Waals surface area (Å²) < 4.78 is 31.0. The Kier molecular flexibility index (Phi) is 5.77. The zero-order chi connectivity index (χ0) is 24.5. The van der Waals surface area contributed by atoms with Crippen LogP contribution < -0.4 is 5.32 Å². The Labute approximate surface area is 199 Å². The van der Waals surface area contributed by atoms with Crippen molar-refractivity contribution in [3.8, 4) is 11.5 Å². The van der Waals surface area contributed by atoms with Crippen LogP contribution in [0.3, 0.4) is 0 Å². The maximum Gasteiger partial charge on any atom is 0.272 e. The number of aromatic nitrogens is 6. The minimum absolute atomic E-state index is 0.180. The summed E-state index contributed by atoms with van der Waals surface area (Å²) in [7, 11) is 0. The summed E-state index contributed by atoms with van der Waals surface area (Å²) in [5.41, 5.74) is 3.15. The summed E-state index contributed by atoms with van der Waals surface area (Å²) in [6.07, 6.45) is 6.80. The molecule has 0 bridgehead atoms. The summed E-state index contributed by atoms with van der Waals surface area (Å²) in [6.45, 7) is 4.02. The number of halogens is 2. The normalized spacial score (nSPS) is 11.2. The van der Waals surface area contributed by atoms with Crippen molar-refractivity contribution in [2.45, 2.75) is 26.9 Å². The standard InChI is InChI=1S/C25H21F2N7O/c1-15-10-29-19(11-28-15)12-30-25(35)23-22-5-3-4-8-34(22)24(32-23)21-14-33(16(2)31-21)13-17-6-7-18(26)9-20(17)27/h3-11,14H,12-13H2,1-2H3,(H,30,35). The molecule has 8 nitrogen and oxygen atoms in total. The maximum atomic E-state index is 14.2. The number of fused-ring (bicyclic) bond motifs is 1. The topological polar surface area (TPSA) is 90.0 Å². The molecule has 0 fully saturated rings. The second-order valence-electron chi connectivity index (χ2n) is 8.11. The van der Waals surface area contributed by atoms with Crippen molar-refractivity contribution < 1.29 is 13.6 Å². The van der Waals surface area contributed by atoms with Crippen molar-refractivity contribution in [2.75, 3.05) is 0 Å². The molecule has 176 valence electrons. The van der Waals surface area contributed by atoms with Crippen molar-refractivity contribution in [2.24, 2.45) is 0 Å². The third-order valence-electron chi connectivity index (χ3n) is 5.59. The summed E-state index contributed by atoms with van der Waals surface area (Å²) in [4.78, 5) is 30.6. The molecule has 5 aromatic rings. The van der Waals surface area contributed by atoms with Gasteiger partial charge in [0.2, 0.25) is 0 Å². The third-order valence-corrected chi connectivity index (χ3v) is 5.59. The lowest BCUT2D eigenvalue weighted by atomic mass is 10.2. The van der Waals surface area contributed by atoms with Gasteiger partial charge in [-0.05, 0) is 32.0 Å². The average Bonchev–Trinajstić information content (AvgIpc) is 3.41. The number of imidazole rings is 2. The molecular weight excluding hydrogens is 452 g/mol. The molecule has 0 saturated carbocycles. The number of nitrogens with zero attached hydrogens (tertiary/aromatic N) is 6. The molecule has 5 rings (SSSR count). The summed E-state index contributed by atoms with van der Waals surface area (Å²) in [6, 6.07) is 8.95. The summed E-state index contributed by atoms with van der Waals surface area (Å²) >= 11 is 0. The van der Waals surface area contributed by atoms with Crippen molar-refractivity contribution in [1.82, 2.24) is 34.2 Å². The van der Waals surface area contributed by atoms with Gasteiger partial charge in [-0.15, -0.1) is 0 Å². The Morgan fingerprint density at radius 1 is 1.06 bits per heavy atom. The number of carbonyl (C=O) groups is 1. The van der Waals surface area contributed by atoms with Crippen molar-refractivity contribution in [3.63, 3.8) is 0 Å². The number of aryl methyl sites for hydroxylation is 2. The van der Waals surface area contributed by atoms with Gasteiger partial charge < -0.3 is 9.88 Å². The highest BCUT2D eigenvalue weighted by Gasteiger charge is 2.20. The number of nitrogens with one attached hydrogen (secondary N) is 1. The minimum atomic E-state index is -0.627. The molecular formula is C25H21F2N7O. The molecule has 35 heavy (non-hydrogen) atoms. The molecule has 4 heterocycles. The Hall–Kier alpha value is -4.47. The van der Waals surface area contributed by atoms with Crippen LogP contribution >= 0.6 is 0 Å². The van der Waals surface area contributed by atoms with E-state index in [1.807, 2.05) is 19.1 Å². The number of pyridine rings is 1. The first-order valence-corrected chi connectivity index (χ1v) is 10.9. The summed E-state index contributed by atoms with van der Waals surface area (Å²) in [5, 5.41) is 2.84. The van der Waals surface area contributed by atoms with Crippen LogP contribution in [0.1, 0.15) is 33.3 Å². The molecule has 4 aromatic heterocycles. The molecule has 0 aliphatic carbocycles. The predicted octanol–water partition coefficient (Wildman–Crippen LogP) is 3.86. The van der Waals surface area contributed by atoms with Gasteiger partial charge in [-0.3, -0.25) is 19.2 Å². The first-order chi connectivity index (χ1) is 16.9. The van der Waals surface area contributed by atoms with E-state index in [4.69, 9.17) is 0 Å². The Bertz CT molecular complexity index is 1540. The molecule has 1 N–H and O–H groups in total. The van der Waals surface area contributed by atoms with E-state index < -0.39 is 11.6 Å². The van der Waals surface area contributed by atoms with E-state index in [-0.39, 0.29) is 24.7 Å². The number of benzene rings is 1. The van der Waals surface area contributed by atoms with E-state index in [1.54, 1.807) is 46.7 Å². The van der Waals surface area contributed by atoms with Crippen LogP contribution in [0.15, 0.2) is 61.2 Å². The molecule has 0 saturated heterocycles. The van der Waals surface area contributed by atoms with Crippen LogP contribution in [0.2, 0.25) is 0 Å². The van der Waals surface area contributed by atoms with Gasteiger partial charge in [0.1, 0.15) is 23.2 Å². The molecule has 1 amide bonds. The van der Waals surface area contributed by atoms with Gasteiger partial charge in [-0.25, -0.2) is 18.7 Å². The minimum Gasteiger partial charge on any atom is -0.345 e. The fourth-order valence-electron chi connectivity index (χ4n) is 3.76. The third kappa shape index (κ3) is 4.50. The highest BCUT2D eigenvalue weighted by atomic mass is 19.1. The lowest BCUT2D eigenvalue weighted by Crippen LogP contribution is -2.24. The van der Waals surface area contributed by atoms with Gasteiger partial charge in [0, 0.05) is 30.2 Å². The fraction of sp³-hybridized carbons (Fsp3) is 0.160. The monoisotopic (exact) mass is 473 g/mol. The van der Waals surface area contributed by atoms with Crippen molar-refractivity contribution >= 4 is 11.4 Å². The Balaban J connectivity index is 1.45. The SMILES string of the molecule is Cc1cnc(CNC(=O)c2nc(-c3cn(Cc4ccc(F)cc4F)c(C)n3)n3ccccc23)cn1. The van der Waals surface area contributed by atoms with Crippen LogP contribution in [0.4, 0.5) is 8.78 Å². The zero-order valence-electron chi connectivity index (χ0n) is 19.0. The smallest absolute Gasteiger partial charge is 0.272 e. The second-order valence-corrected chi connectivity index (χ2v) is 8.11. The van der Waals surface area contributed by atoms with Gasteiger partial charge >= 0.3 is 0 Å². The number of carbonyl (C=O) groups excluding carboxylic acids is 1. The first kappa shape index (κ1) is 22.3. The highest BCUT2D eigenvalue weighted by Crippen LogP contribution is 2.23. The van der Waals surface area contributed by atoms with Gasteiger partial charge in [0.05, 0.1) is 36.2 Å². The second kappa shape index (κ2) is 9.05. The Morgan fingerprint density at radius 2 is 1.91 bits per heavy atom. The van der Waals surface area contributed by atoms with Crippen LogP contribution in [-0.2, 0) is 13.1 Å². The predicted molar refractivity (Wildman–Crippen MR) is 125 cm³/mol. The van der Waals surface area contributed by atoms with Crippen LogP contribution in [-0.4, -0.2) is 34.8 Å². The molecule has 0 radical (unpaired) electrons.